The molecule has 9 nitrogen and oxygen atoms in total. The number of hydrogen-bond donors (Lipinski definition) is 0. The number of ketones is 1. The Hall–Kier alpha value is -3.53. The molecule has 2 rings (SSSR count). The van der Waals surface area contributed by atoms with Gasteiger partial charge in [0.15, 0.2) is 11.5 Å². The second-order valence-electron chi connectivity index (χ2n) is 5.95. The van der Waals surface area contributed by atoms with Gasteiger partial charge in [-0.3, -0.25) is 24.1 Å². The Morgan fingerprint density at radius 3 is 2.17 bits per heavy atom. The molecule has 0 aromatic heterocycles. The Morgan fingerprint density at radius 2 is 1.66 bits per heavy atom. The molecule has 0 radical (unpaired) electrons. The molecule has 152 valence electrons. The summed E-state index contributed by atoms with van der Waals surface area (Å²) in [5.74, 6) is -1.07. The molecule has 0 saturated carbocycles. The van der Waals surface area contributed by atoms with E-state index in [9.17, 15) is 27.6 Å². The highest BCUT2D eigenvalue weighted by Crippen LogP contribution is 2.35. The summed E-state index contributed by atoms with van der Waals surface area (Å²) in [6.45, 7) is 0.581. The molecule has 29 heavy (non-hydrogen) atoms. The molecule has 10 heteroatoms. The van der Waals surface area contributed by atoms with Gasteiger partial charge in [-0.25, -0.2) is 12.7 Å². The van der Waals surface area contributed by atoms with E-state index in [0.717, 1.165) is 13.2 Å². The lowest BCUT2D eigenvalue weighted by molar-refractivity contribution is -0.128. The summed E-state index contributed by atoms with van der Waals surface area (Å²) in [5.41, 5.74) is -0.0200. The van der Waals surface area contributed by atoms with Crippen molar-refractivity contribution in [1.82, 2.24) is 4.90 Å². The van der Waals surface area contributed by atoms with Crippen LogP contribution in [0.15, 0.2) is 48.5 Å². The van der Waals surface area contributed by atoms with Crippen LogP contribution in [0.25, 0.3) is 0 Å². The van der Waals surface area contributed by atoms with E-state index in [2.05, 4.69) is 0 Å². The fourth-order valence-electron chi connectivity index (χ4n) is 2.49. The van der Waals surface area contributed by atoms with Crippen molar-refractivity contribution in [2.24, 2.45) is 0 Å². The van der Waals surface area contributed by atoms with Crippen molar-refractivity contribution in [2.75, 3.05) is 17.1 Å². The zero-order valence-corrected chi connectivity index (χ0v) is 16.5. The van der Waals surface area contributed by atoms with Gasteiger partial charge in [-0.05, 0) is 30.3 Å². The van der Waals surface area contributed by atoms with Crippen LogP contribution in [0.5, 0.6) is 11.5 Å². The average molecular weight is 418 g/mol. The van der Waals surface area contributed by atoms with E-state index >= 15 is 0 Å². The van der Waals surface area contributed by atoms with Crippen molar-refractivity contribution in [2.45, 2.75) is 6.92 Å². The third kappa shape index (κ3) is 5.48. The predicted molar refractivity (Wildman–Crippen MR) is 104 cm³/mol. The molecule has 0 saturated heterocycles. The zero-order valence-electron chi connectivity index (χ0n) is 15.6. The Morgan fingerprint density at radius 1 is 1.03 bits per heavy atom. The number of imide groups is 1. The fraction of sp³-hybridized carbons (Fsp3) is 0.158. The number of anilines is 1. The quantitative estimate of drug-likeness (QED) is 0.448. The van der Waals surface area contributed by atoms with Crippen LogP contribution in [-0.2, 0) is 24.4 Å². The van der Waals surface area contributed by atoms with Crippen LogP contribution in [-0.4, -0.2) is 50.6 Å². The third-order valence-electron chi connectivity index (χ3n) is 3.69. The van der Waals surface area contributed by atoms with Gasteiger partial charge in [-0.15, -0.1) is 0 Å². The van der Waals surface area contributed by atoms with Gasteiger partial charge in [0.1, 0.15) is 11.4 Å². The van der Waals surface area contributed by atoms with E-state index in [1.54, 1.807) is 30.3 Å². The molecule has 0 unspecified atom stereocenters. The molecular formula is C19H18N2O7S. The number of nitrogens with zero attached hydrogens (tertiary/aromatic N) is 2. The van der Waals surface area contributed by atoms with Crippen LogP contribution < -0.4 is 9.04 Å². The number of sulfonamides is 1. The second kappa shape index (κ2) is 9.11. The van der Waals surface area contributed by atoms with Crippen molar-refractivity contribution >= 4 is 40.2 Å². The van der Waals surface area contributed by atoms with E-state index in [1.807, 2.05) is 0 Å². The van der Waals surface area contributed by atoms with E-state index in [1.165, 1.54) is 18.2 Å². The van der Waals surface area contributed by atoms with Crippen molar-refractivity contribution in [3.05, 3.63) is 54.1 Å². The van der Waals surface area contributed by atoms with Crippen LogP contribution in [0.1, 0.15) is 17.3 Å². The summed E-state index contributed by atoms with van der Waals surface area (Å²) in [7, 11) is -3.97. The first-order chi connectivity index (χ1) is 13.7. The lowest BCUT2D eigenvalue weighted by atomic mass is 10.1. The molecule has 0 atom stereocenters. The van der Waals surface area contributed by atoms with Crippen LogP contribution in [0, 0.1) is 0 Å². The Bertz CT molecular complexity index is 1030. The molecule has 0 N–H and O–H groups in total. The van der Waals surface area contributed by atoms with Gasteiger partial charge in [-0.2, -0.15) is 0 Å². The fourth-order valence-corrected chi connectivity index (χ4v) is 3.47. The van der Waals surface area contributed by atoms with Crippen molar-refractivity contribution in [1.29, 1.82) is 0 Å². The highest BCUT2D eigenvalue weighted by molar-refractivity contribution is 7.92. The van der Waals surface area contributed by atoms with Crippen LogP contribution >= 0.6 is 0 Å². The van der Waals surface area contributed by atoms with Crippen LogP contribution in [0.2, 0.25) is 0 Å². The first-order valence-electron chi connectivity index (χ1n) is 8.24. The van der Waals surface area contributed by atoms with E-state index in [-0.39, 0.29) is 29.8 Å². The summed E-state index contributed by atoms with van der Waals surface area (Å²) in [6, 6.07) is 12.1. The molecule has 0 aliphatic rings. The number of carbonyl (C=O) groups excluding carboxylic acids is 4. The Kier molecular flexibility index (Phi) is 6.84. The van der Waals surface area contributed by atoms with Crippen molar-refractivity contribution < 1.29 is 32.3 Å². The monoisotopic (exact) mass is 418 g/mol. The summed E-state index contributed by atoms with van der Waals surface area (Å²) in [4.78, 5) is 46.5. The van der Waals surface area contributed by atoms with Gasteiger partial charge >= 0.3 is 0 Å². The minimum absolute atomic E-state index is 0.0605. The van der Waals surface area contributed by atoms with Crippen molar-refractivity contribution in [3.8, 4) is 11.5 Å². The second-order valence-corrected chi connectivity index (χ2v) is 7.78. The van der Waals surface area contributed by atoms with E-state index in [4.69, 9.17) is 4.74 Å². The predicted octanol–water partition coefficient (Wildman–Crippen LogP) is 1.59. The van der Waals surface area contributed by atoms with Crippen LogP contribution in [0.3, 0.4) is 0 Å². The lowest BCUT2D eigenvalue weighted by Gasteiger charge is -2.22. The minimum atomic E-state index is -3.97. The van der Waals surface area contributed by atoms with Crippen molar-refractivity contribution in [3.63, 3.8) is 0 Å². The highest BCUT2D eigenvalue weighted by atomic mass is 32.2. The first kappa shape index (κ1) is 21.8. The SMILES string of the molecule is CC(=O)N(c1ccc(C(=O)CN(C=O)C=O)cc1Oc1ccccc1)S(C)(=O)=O. The smallest absolute Gasteiger partial charge is 0.238 e. The Balaban J connectivity index is 2.56. The van der Waals surface area contributed by atoms with Gasteiger partial charge in [-0.1, -0.05) is 18.2 Å². The molecule has 0 fully saturated rings. The maximum Gasteiger partial charge on any atom is 0.238 e. The Labute approximate surface area is 167 Å². The number of Topliss-reactive ketones (excluding diaryl/α,β-unsaturated/α-hetero) is 1. The first-order valence-corrected chi connectivity index (χ1v) is 10.1. The topological polar surface area (TPSA) is 118 Å². The summed E-state index contributed by atoms with van der Waals surface area (Å²) >= 11 is 0. The summed E-state index contributed by atoms with van der Waals surface area (Å²) < 4.78 is 30.5. The third-order valence-corrected chi connectivity index (χ3v) is 4.80. The number of hydrogen-bond acceptors (Lipinski definition) is 7. The molecule has 3 amide bonds. The standard InChI is InChI=1S/C19H18N2O7S/c1-14(24)21(29(2,26)27)17-9-8-15(18(25)11-20(12-22)13-23)10-19(17)28-16-6-4-3-5-7-16/h3-10,12-13H,11H2,1-2H3. The lowest BCUT2D eigenvalue weighted by Crippen LogP contribution is -2.34. The van der Waals surface area contributed by atoms with Gasteiger partial charge < -0.3 is 4.74 Å². The maximum absolute atomic E-state index is 12.4. The maximum atomic E-state index is 12.4. The molecule has 2 aromatic carbocycles. The summed E-state index contributed by atoms with van der Waals surface area (Å²) in [6.07, 6.45) is 1.29. The molecule has 2 aromatic rings. The molecule has 0 aliphatic heterocycles. The number of rotatable bonds is 9. The highest BCUT2D eigenvalue weighted by Gasteiger charge is 2.26. The van der Waals surface area contributed by atoms with Gasteiger partial charge in [0.2, 0.25) is 28.8 Å². The average Bonchev–Trinajstić information content (AvgIpc) is 2.66. The summed E-state index contributed by atoms with van der Waals surface area (Å²) in [5, 5.41) is 0. The number of carbonyl (C=O) groups is 4. The largest absolute Gasteiger partial charge is 0.455 e. The number of benzene rings is 2. The molecule has 0 spiro atoms. The normalized spacial score (nSPS) is 10.7. The number of amides is 3. The van der Waals surface area contributed by atoms with E-state index < -0.39 is 28.3 Å². The van der Waals surface area contributed by atoms with Gasteiger partial charge in [0.25, 0.3) is 0 Å². The van der Waals surface area contributed by atoms with Gasteiger partial charge in [0, 0.05) is 12.5 Å². The molecular weight excluding hydrogens is 400 g/mol. The zero-order chi connectivity index (χ0) is 21.6. The van der Waals surface area contributed by atoms with Gasteiger partial charge in [0.05, 0.1) is 12.8 Å². The number of para-hydroxylation sites is 1. The van der Waals surface area contributed by atoms with E-state index in [0.29, 0.717) is 15.0 Å². The number of ether oxygens (including phenoxy) is 1. The molecule has 0 aliphatic carbocycles. The van der Waals surface area contributed by atoms with Crippen LogP contribution in [0.4, 0.5) is 5.69 Å². The molecule has 0 heterocycles. The minimum Gasteiger partial charge on any atom is -0.455 e. The molecule has 0 bridgehead atoms.